The number of esters is 1. The number of anilines is 1. The predicted molar refractivity (Wildman–Crippen MR) is 96.5 cm³/mol. The molecule has 1 unspecified atom stereocenters. The van der Waals surface area contributed by atoms with Crippen LogP contribution in [0.3, 0.4) is 0 Å². The molecule has 0 saturated carbocycles. The highest BCUT2D eigenvalue weighted by molar-refractivity contribution is 6.21. The minimum Gasteiger partial charge on any atom is -0.466 e. The van der Waals surface area contributed by atoms with Gasteiger partial charge in [0.15, 0.2) is 0 Å². The van der Waals surface area contributed by atoms with Crippen LogP contribution >= 0.6 is 0 Å². The molecule has 2 heterocycles. The fourth-order valence-corrected chi connectivity index (χ4v) is 3.31. The van der Waals surface area contributed by atoms with Crippen LogP contribution in [0.2, 0.25) is 0 Å². The van der Waals surface area contributed by atoms with Gasteiger partial charge in [-0.25, -0.2) is 9.89 Å². The van der Waals surface area contributed by atoms with Gasteiger partial charge < -0.3 is 9.64 Å². The summed E-state index contributed by atoms with van der Waals surface area (Å²) in [7, 11) is 0. The SMILES string of the molecule is CCOC(=O)C1CCN(C2=NC(C)C(=O)N2c2ccc(C)cc2)CC1. The zero-order valence-electron chi connectivity index (χ0n) is 15.1. The van der Waals surface area contributed by atoms with E-state index in [9.17, 15) is 9.59 Å². The molecule has 0 bridgehead atoms. The zero-order valence-corrected chi connectivity index (χ0v) is 15.1. The molecule has 0 aromatic heterocycles. The van der Waals surface area contributed by atoms with E-state index >= 15 is 0 Å². The Hall–Kier alpha value is -2.37. The Balaban J connectivity index is 1.74. The average molecular weight is 343 g/mol. The second kappa shape index (κ2) is 7.25. The number of hydrogen-bond donors (Lipinski definition) is 0. The smallest absolute Gasteiger partial charge is 0.309 e. The summed E-state index contributed by atoms with van der Waals surface area (Å²) >= 11 is 0. The van der Waals surface area contributed by atoms with Gasteiger partial charge in [0, 0.05) is 13.1 Å². The van der Waals surface area contributed by atoms with Crippen molar-refractivity contribution in [3.8, 4) is 0 Å². The van der Waals surface area contributed by atoms with Crippen molar-refractivity contribution >= 4 is 23.5 Å². The first kappa shape index (κ1) is 17.5. The number of rotatable bonds is 3. The summed E-state index contributed by atoms with van der Waals surface area (Å²) in [4.78, 5) is 32.9. The van der Waals surface area contributed by atoms with Gasteiger partial charge in [-0.1, -0.05) is 17.7 Å². The summed E-state index contributed by atoms with van der Waals surface area (Å²) in [6.45, 7) is 7.48. The van der Waals surface area contributed by atoms with Crippen LogP contribution in [0, 0.1) is 12.8 Å². The number of hydrogen-bond acceptors (Lipinski definition) is 5. The Labute approximate surface area is 148 Å². The van der Waals surface area contributed by atoms with Gasteiger partial charge in [0.1, 0.15) is 6.04 Å². The molecule has 3 rings (SSSR count). The van der Waals surface area contributed by atoms with Crippen LogP contribution in [0.15, 0.2) is 29.3 Å². The molecule has 0 radical (unpaired) electrons. The number of aliphatic imine (C=N–C) groups is 1. The van der Waals surface area contributed by atoms with Gasteiger partial charge in [-0.3, -0.25) is 9.59 Å². The third kappa shape index (κ3) is 3.52. The lowest BCUT2D eigenvalue weighted by Gasteiger charge is -2.35. The van der Waals surface area contributed by atoms with E-state index in [1.165, 1.54) is 0 Å². The molecule has 1 atom stereocenters. The van der Waals surface area contributed by atoms with Crippen LogP contribution in [-0.4, -0.2) is 48.5 Å². The molecule has 1 amide bonds. The van der Waals surface area contributed by atoms with Crippen LogP contribution in [0.4, 0.5) is 5.69 Å². The van der Waals surface area contributed by atoms with Crippen LogP contribution < -0.4 is 4.90 Å². The summed E-state index contributed by atoms with van der Waals surface area (Å²) < 4.78 is 5.13. The summed E-state index contributed by atoms with van der Waals surface area (Å²) in [6, 6.07) is 7.52. The molecule has 1 aromatic rings. The molecule has 2 aliphatic heterocycles. The first-order chi connectivity index (χ1) is 12.0. The Morgan fingerprint density at radius 3 is 2.48 bits per heavy atom. The van der Waals surface area contributed by atoms with E-state index in [2.05, 4.69) is 9.89 Å². The van der Waals surface area contributed by atoms with Crippen molar-refractivity contribution in [3.63, 3.8) is 0 Å². The molecule has 134 valence electrons. The lowest BCUT2D eigenvalue weighted by molar-refractivity contribution is -0.149. The van der Waals surface area contributed by atoms with Gasteiger partial charge in [0.25, 0.3) is 5.91 Å². The second-order valence-corrected chi connectivity index (χ2v) is 6.63. The van der Waals surface area contributed by atoms with E-state index in [1.807, 2.05) is 45.0 Å². The molecular formula is C19H25N3O3. The third-order valence-electron chi connectivity index (χ3n) is 4.78. The molecule has 0 N–H and O–H groups in total. The number of guanidine groups is 1. The highest BCUT2D eigenvalue weighted by Gasteiger charge is 2.38. The first-order valence-electron chi connectivity index (χ1n) is 8.91. The van der Waals surface area contributed by atoms with E-state index < -0.39 is 0 Å². The Morgan fingerprint density at radius 2 is 1.88 bits per heavy atom. The van der Waals surface area contributed by atoms with Crippen molar-refractivity contribution < 1.29 is 14.3 Å². The van der Waals surface area contributed by atoms with E-state index in [1.54, 1.807) is 4.90 Å². The zero-order chi connectivity index (χ0) is 18.0. The third-order valence-corrected chi connectivity index (χ3v) is 4.78. The monoisotopic (exact) mass is 343 g/mol. The molecule has 1 fully saturated rings. The molecular weight excluding hydrogens is 318 g/mol. The van der Waals surface area contributed by atoms with Crippen LogP contribution in [0.5, 0.6) is 0 Å². The maximum absolute atomic E-state index is 12.6. The minimum atomic E-state index is -0.376. The van der Waals surface area contributed by atoms with Crippen molar-refractivity contribution in [1.82, 2.24) is 4.90 Å². The fraction of sp³-hybridized carbons (Fsp3) is 0.526. The maximum Gasteiger partial charge on any atom is 0.309 e. The van der Waals surface area contributed by atoms with Crippen LogP contribution in [-0.2, 0) is 14.3 Å². The highest BCUT2D eigenvalue weighted by Crippen LogP contribution is 2.27. The van der Waals surface area contributed by atoms with Crippen molar-refractivity contribution in [2.45, 2.75) is 39.7 Å². The largest absolute Gasteiger partial charge is 0.466 e. The predicted octanol–water partition coefficient (Wildman–Crippen LogP) is 2.36. The van der Waals surface area contributed by atoms with Crippen molar-refractivity contribution in [3.05, 3.63) is 29.8 Å². The average Bonchev–Trinajstić information content (AvgIpc) is 2.91. The van der Waals surface area contributed by atoms with Gasteiger partial charge in [-0.2, -0.15) is 0 Å². The molecule has 6 heteroatoms. The van der Waals surface area contributed by atoms with Gasteiger partial charge >= 0.3 is 5.97 Å². The molecule has 0 spiro atoms. The minimum absolute atomic E-state index is 0.00799. The number of piperidine rings is 1. The topological polar surface area (TPSA) is 62.2 Å². The van der Waals surface area contributed by atoms with Crippen molar-refractivity contribution in [1.29, 1.82) is 0 Å². The van der Waals surface area contributed by atoms with Crippen LogP contribution in [0.1, 0.15) is 32.3 Å². The number of amides is 1. The number of carbonyl (C=O) groups excluding carboxylic acids is 2. The Morgan fingerprint density at radius 1 is 1.24 bits per heavy atom. The molecule has 6 nitrogen and oxygen atoms in total. The van der Waals surface area contributed by atoms with Crippen molar-refractivity contribution in [2.75, 3.05) is 24.6 Å². The summed E-state index contributed by atoms with van der Waals surface area (Å²) in [5, 5.41) is 0. The maximum atomic E-state index is 12.6. The van der Waals surface area contributed by atoms with Gasteiger partial charge in [0.05, 0.1) is 18.2 Å². The van der Waals surface area contributed by atoms with Gasteiger partial charge in [0.2, 0.25) is 5.96 Å². The standard InChI is InChI=1S/C19H25N3O3/c1-4-25-18(24)15-9-11-21(12-10-15)19-20-14(3)17(23)22(19)16-7-5-13(2)6-8-16/h5-8,14-15H,4,9-12H2,1-3H3. The van der Waals surface area contributed by atoms with Gasteiger partial charge in [-0.15, -0.1) is 0 Å². The summed E-state index contributed by atoms with van der Waals surface area (Å²) in [5.41, 5.74) is 1.99. The number of aryl methyl sites for hydroxylation is 1. The summed E-state index contributed by atoms with van der Waals surface area (Å²) in [5.74, 6) is 0.518. The first-order valence-corrected chi connectivity index (χ1v) is 8.91. The molecule has 1 saturated heterocycles. The normalized spacial score (nSPS) is 21.5. The Bertz CT molecular complexity index is 676. The molecule has 25 heavy (non-hydrogen) atoms. The summed E-state index contributed by atoms with van der Waals surface area (Å²) in [6.07, 6.45) is 1.45. The quantitative estimate of drug-likeness (QED) is 0.791. The van der Waals surface area contributed by atoms with Crippen LogP contribution in [0.25, 0.3) is 0 Å². The number of benzene rings is 1. The molecule has 1 aromatic carbocycles. The lowest BCUT2D eigenvalue weighted by Crippen LogP contribution is -2.48. The molecule has 2 aliphatic rings. The van der Waals surface area contributed by atoms with E-state index in [-0.39, 0.29) is 23.8 Å². The molecule has 0 aliphatic carbocycles. The number of nitrogens with zero attached hydrogens (tertiary/aromatic N) is 3. The van der Waals surface area contributed by atoms with E-state index in [0.717, 1.165) is 24.1 Å². The Kier molecular flexibility index (Phi) is 5.06. The van der Waals surface area contributed by atoms with Gasteiger partial charge in [-0.05, 0) is 45.7 Å². The van der Waals surface area contributed by atoms with E-state index in [0.29, 0.717) is 25.7 Å². The number of ether oxygens (including phenoxy) is 1. The number of carbonyl (C=O) groups is 2. The second-order valence-electron chi connectivity index (χ2n) is 6.63. The van der Waals surface area contributed by atoms with E-state index in [4.69, 9.17) is 4.74 Å². The lowest BCUT2D eigenvalue weighted by atomic mass is 9.97. The van der Waals surface area contributed by atoms with Crippen molar-refractivity contribution in [2.24, 2.45) is 10.9 Å². The number of likely N-dealkylation sites (tertiary alicyclic amines) is 1. The fourth-order valence-electron chi connectivity index (χ4n) is 3.31. The highest BCUT2D eigenvalue weighted by atomic mass is 16.5.